The summed E-state index contributed by atoms with van der Waals surface area (Å²) in [5.41, 5.74) is 0.785. The molecule has 1 heterocycles. The van der Waals surface area contributed by atoms with Gasteiger partial charge in [0.05, 0.1) is 33.6 Å². The monoisotopic (exact) mass is 535 g/mol. The van der Waals surface area contributed by atoms with Gasteiger partial charge in [-0.25, -0.2) is 4.79 Å². The van der Waals surface area contributed by atoms with Crippen LogP contribution in [0.15, 0.2) is 65.2 Å². The number of carbonyl (C=O) groups is 1. The zero-order chi connectivity index (χ0) is 27.4. The Kier molecular flexibility index (Phi) is 7.49. The summed E-state index contributed by atoms with van der Waals surface area (Å²) in [6, 6.07) is 14.9. The van der Waals surface area contributed by atoms with Crippen LogP contribution in [0.3, 0.4) is 0 Å². The first-order valence-electron chi connectivity index (χ1n) is 10.9. The number of benzene rings is 3. The van der Waals surface area contributed by atoms with Gasteiger partial charge < -0.3 is 14.0 Å². The molecule has 12 heteroatoms. The molecule has 0 saturated carbocycles. The molecule has 0 fully saturated rings. The highest BCUT2D eigenvalue weighted by Gasteiger charge is 2.26. The minimum atomic E-state index is -0.734. The van der Waals surface area contributed by atoms with Gasteiger partial charge in [0, 0.05) is 11.6 Å². The molecule has 0 bridgehead atoms. The molecule has 192 valence electrons. The van der Waals surface area contributed by atoms with Crippen molar-refractivity contribution >= 4 is 41.1 Å². The first-order valence-corrected chi connectivity index (χ1v) is 11.3. The molecule has 0 unspecified atom stereocenters. The number of methoxy groups -OCH3 is 1. The van der Waals surface area contributed by atoms with Gasteiger partial charge in [-0.05, 0) is 42.8 Å². The summed E-state index contributed by atoms with van der Waals surface area (Å²) < 4.78 is 16.2. The van der Waals surface area contributed by atoms with Crippen LogP contribution >= 0.6 is 11.6 Å². The molecule has 0 aliphatic rings. The van der Waals surface area contributed by atoms with Gasteiger partial charge in [0.25, 0.3) is 11.4 Å². The summed E-state index contributed by atoms with van der Waals surface area (Å²) >= 11 is 6.27. The van der Waals surface area contributed by atoms with E-state index in [4.69, 9.17) is 25.6 Å². The van der Waals surface area contributed by atoms with Crippen molar-refractivity contribution in [2.24, 2.45) is 0 Å². The Morgan fingerprint density at radius 3 is 2.45 bits per heavy atom. The van der Waals surface area contributed by atoms with E-state index in [0.717, 1.165) is 6.07 Å². The minimum Gasteiger partial charge on any atom is -0.493 e. The number of carbonyl (C=O) groups excluding carboxylic acids is 1. The molecule has 0 N–H and O–H groups in total. The van der Waals surface area contributed by atoms with Gasteiger partial charge in [-0.2, -0.15) is 0 Å². The third-order valence-electron chi connectivity index (χ3n) is 5.46. The number of rotatable bonds is 8. The highest BCUT2D eigenvalue weighted by atomic mass is 35.5. The lowest BCUT2D eigenvalue weighted by molar-refractivity contribution is -0.394. The molecule has 3 aromatic carbocycles. The number of esters is 1. The maximum Gasteiger partial charge on any atom is 0.349 e. The molecule has 1 aromatic heterocycles. The van der Waals surface area contributed by atoms with E-state index in [1.54, 1.807) is 49.4 Å². The Hall–Kier alpha value is -5.03. The molecule has 0 spiro atoms. The fraction of sp³-hybridized carbons (Fsp3) is 0.0769. The molecule has 11 nitrogen and oxygen atoms in total. The molecule has 0 amide bonds. The van der Waals surface area contributed by atoms with Crippen molar-refractivity contribution in [2.75, 3.05) is 7.11 Å². The molecular formula is C26H18ClN3O8. The molecule has 0 aliphatic heterocycles. The lowest BCUT2D eigenvalue weighted by Gasteiger charge is -2.10. The molecule has 0 atom stereocenters. The lowest BCUT2D eigenvalue weighted by atomic mass is 10.1. The van der Waals surface area contributed by atoms with Crippen molar-refractivity contribution < 1.29 is 28.6 Å². The third-order valence-corrected chi connectivity index (χ3v) is 5.79. The predicted octanol–water partition coefficient (Wildman–Crippen LogP) is 6.52. The number of hydrogen-bond acceptors (Lipinski definition) is 9. The van der Waals surface area contributed by atoms with Gasteiger partial charge in [0.15, 0.2) is 11.5 Å². The van der Waals surface area contributed by atoms with Crippen LogP contribution in [0.5, 0.6) is 11.5 Å². The average molecular weight is 536 g/mol. The second-order valence-corrected chi connectivity index (χ2v) is 8.24. The van der Waals surface area contributed by atoms with Crippen molar-refractivity contribution in [1.29, 1.82) is 0 Å². The number of aromatic nitrogens is 1. The number of aryl methyl sites for hydroxylation is 1. The normalized spacial score (nSPS) is 10.9. The number of halogens is 1. The maximum absolute atomic E-state index is 13.1. The molecule has 0 aliphatic carbocycles. The first kappa shape index (κ1) is 26.0. The van der Waals surface area contributed by atoms with Gasteiger partial charge in [-0.15, -0.1) is 0 Å². The van der Waals surface area contributed by atoms with Gasteiger partial charge in [-0.1, -0.05) is 47.1 Å². The minimum absolute atomic E-state index is 0.106. The van der Waals surface area contributed by atoms with E-state index in [1.807, 2.05) is 0 Å². The number of non-ortho nitro benzene ring substituents is 1. The summed E-state index contributed by atoms with van der Waals surface area (Å²) in [6.07, 6.45) is 3.00. The highest BCUT2D eigenvalue weighted by Crippen LogP contribution is 2.34. The number of nitrogens with zero attached hydrogens (tertiary/aromatic N) is 3. The largest absolute Gasteiger partial charge is 0.493 e. The summed E-state index contributed by atoms with van der Waals surface area (Å²) in [5, 5.41) is 26.7. The SMILES string of the molecule is COc1cc(/C=C/c2ccc([N+](=O)[O-])cc2[N+](=O)[O-])ccc1OC(=O)c1c(-c2ccccc2Cl)noc1C. The van der Waals surface area contributed by atoms with Gasteiger partial charge in [0.2, 0.25) is 0 Å². The predicted molar refractivity (Wildman–Crippen MR) is 138 cm³/mol. The molecule has 0 radical (unpaired) electrons. The van der Waals surface area contributed by atoms with Gasteiger partial charge in [0.1, 0.15) is 17.0 Å². The summed E-state index contributed by atoms with van der Waals surface area (Å²) in [5.74, 6) is -0.163. The molecule has 4 aromatic rings. The summed E-state index contributed by atoms with van der Waals surface area (Å²) in [6.45, 7) is 1.58. The van der Waals surface area contributed by atoms with E-state index < -0.39 is 21.5 Å². The third kappa shape index (κ3) is 5.37. The maximum atomic E-state index is 13.1. The van der Waals surface area contributed by atoms with Crippen LogP contribution in [-0.4, -0.2) is 28.1 Å². The van der Waals surface area contributed by atoms with E-state index in [9.17, 15) is 25.0 Å². The van der Waals surface area contributed by atoms with Crippen molar-refractivity contribution in [3.05, 3.63) is 108 Å². The highest BCUT2D eigenvalue weighted by molar-refractivity contribution is 6.33. The van der Waals surface area contributed by atoms with E-state index in [1.165, 1.54) is 31.4 Å². The topological polar surface area (TPSA) is 148 Å². The fourth-order valence-electron chi connectivity index (χ4n) is 3.60. The molecule has 38 heavy (non-hydrogen) atoms. The number of nitro benzene ring substituents is 2. The molecule has 0 saturated heterocycles. The Bertz CT molecular complexity index is 1600. The van der Waals surface area contributed by atoms with Crippen molar-refractivity contribution in [3.63, 3.8) is 0 Å². The van der Waals surface area contributed by atoms with Crippen molar-refractivity contribution in [1.82, 2.24) is 5.16 Å². The van der Waals surface area contributed by atoms with Crippen LogP contribution < -0.4 is 9.47 Å². The molecule has 4 rings (SSSR count). The lowest BCUT2D eigenvalue weighted by Crippen LogP contribution is -2.11. The smallest absolute Gasteiger partial charge is 0.349 e. The Morgan fingerprint density at radius 2 is 1.76 bits per heavy atom. The van der Waals surface area contributed by atoms with Crippen LogP contribution in [-0.2, 0) is 0 Å². The number of hydrogen-bond donors (Lipinski definition) is 0. The van der Waals surface area contributed by atoms with E-state index in [0.29, 0.717) is 16.1 Å². The Morgan fingerprint density at radius 1 is 1.00 bits per heavy atom. The van der Waals surface area contributed by atoms with Crippen LogP contribution in [0, 0.1) is 27.2 Å². The van der Waals surface area contributed by atoms with Crippen LogP contribution in [0.2, 0.25) is 5.02 Å². The second-order valence-electron chi connectivity index (χ2n) is 7.83. The van der Waals surface area contributed by atoms with Crippen molar-refractivity contribution in [3.8, 4) is 22.8 Å². The van der Waals surface area contributed by atoms with E-state index in [-0.39, 0.29) is 39.8 Å². The fourth-order valence-corrected chi connectivity index (χ4v) is 3.83. The summed E-state index contributed by atoms with van der Waals surface area (Å²) in [4.78, 5) is 34.0. The average Bonchev–Trinajstić information content (AvgIpc) is 3.29. The number of nitro groups is 2. The van der Waals surface area contributed by atoms with Crippen molar-refractivity contribution in [2.45, 2.75) is 6.92 Å². The van der Waals surface area contributed by atoms with Crippen LogP contribution in [0.4, 0.5) is 11.4 Å². The zero-order valence-electron chi connectivity index (χ0n) is 19.9. The zero-order valence-corrected chi connectivity index (χ0v) is 20.7. The van der Waals surface area contributed by atoms with Crippen LogP contribution in [0.25, 0.3) is 23.4 Å². The van der Waals surface area contributed by atoms with E-state index in [2.05, 4.69) is 5.16 Å². The van der Waals surface area contributed by atoms with Gasteiger partial charge in [-0.3, -0.25) is 20.2 Å². The standard InChI is InChI=1S/C26H18ClN3O8/c1-15-24(25(28-38-15)19-5-3-4-6-20(19)27)26(31)37-22-12-8-16(13-23(22)36-2)7-9-17-10-11-18(29(32)33)14-21(17)30(34)35/h3-14H,1-2H3/b9-7+. The quantitative estimate of drug-likeness (QED) is 0.0807. The summed E-state index contributed by atoms with van der Waals surface area (Å²) in [7, 11) is 1.39. The van der Waals surface area contributed by atoms with Crippen LogP contribution in [0.1, 0.15) is 27.2 Å². The van der Waals surface area contributed by atoms with E-state index >= 15 is 0 Å². The Balaban J connectivity index is 1.60. The van der Waals surface area contributed by atoms with Gasteiger partial charge >= 0.3 is 5.97 Å². The first-order chi connectivity index (χ1) is 18.2. The Labute approximate surface area is 220 Å². The second kappa shape index (κ2) is 10.9. The molecular weight excluding hydrogens is 518 g/mol. The number of ether oxygens (including phenoxy) is 2.